The van der Waals surface area contributed by atoms with Gasteiger partial charge in [0.15, 0.2) is 0 Å². The molecule has 0 radical (unpaired) electrons. The largest absolute Gasteiger partial charge is 0.461 e. The molecule has 6 heteroatoms. The number of nitrogens with two attached hydrogens (primary N) is 2. The van der Waals surface area contributed by atoms with Crippen LogP contribution in [0.25, 0.3) is 5.57 Å². The highest BCUT2D eigenvalue weighted by Crippen LogP contribution is 2.66. The first-order chi connectivity index (χ1) is 16.2. The summed E-state index contributed by atoms with van der Waals surface area (Å²) in [6.07, 6.45) is 15.8. The fourth-order valence-electron chi connectivity index (χ4n) is 7.82. The number of amides is 1. The zero-order valence-electron chi connectivity index (χ0n) is 20.3. The van der Waals surface area contributed by atoms with Gasteiger partial charge in [0, 0.05) is 18.8 Å². The van der Waals surface area contributed by atoms with Crippen LogP contribution in [0.1, 0.15) is 70.8 Å². The number of esters is 1. The molecule has 1 aromatic rings. The summed E-state index contributed by atoms with van der Waals surface area (Å²) in [4.78, 5) is 27.8. The van der Waals surface area contributed by atoms with Crippen LogP contribution in [-0.2, 0) is 14.3 Å². The van der Waals surface area contributed by atoms with Crippen molar-refractivity contribution in [1.82, 2.24) is 4.98 Å². The van der Waals surface area contributed by atoms with Crippen LogP contribution in [0.15, 0.2) is 42.3 Å². The van der Waals surface area contributed by atoms with Crippen LogP contribution >= 0.6 is 0 Å². The molecule has 0 aliphatic heterocycles. The fraction of sp³-hybridized carbons (Fsp3) is 0.607. The Morgan fingerprint density at radius 2 is 1.94 bits per heavy atom. The quantitative estimate of drug-likeness (QED) is 0.504. The molecule has 6 nitrogen and oxygen atoms in total. The lowest BCUT2D eigenvalue weighted by atomic mass is 9.47. The highest BCUT2D eigenvalue weighted by atomic mass is 16.5. The van der Waals surface area contributed by atoms with Crippen LogP contribution in [0.2, 0.25) is 0 Å². The Morgan fingerprint density at radius 3 is 2.68 bits per heavy atom. The van der Waals surface area contributed by atoms with Gasteiger partial charge in [0.1, 0.15) is 12.1 Å². The van der Waals surface area contributed by atoms with Crippen molar-refractivity contribution in [3.63, 3.8) is 0 Å². The minimum atomic E-state index is -0.976. The van der Waals surface area contributed by atoms with Crippen molar-refractivity contribution < 1.29 is 14.3 Å². The van der Waals surface area contributed by atoms with Crippen molar-refractivity contribution in [2.75, 3.05) is 0 Å². The molecule has 1 heterocycles. The summed E-state index contributed by atoms with van der Waals surface area (Å²) in [5, 5.41) is 0. The number of allylic oxidation sites excluding steroid dienone is 3. The molecule has 0 unspecified atom stereocenters. The van der Waals surface area contributed by atoms with Crippen LogP contribution in [0.5, 0.6) is 0 Å². The van der Waals surface area contributed by atoms with Crippen molar-refractivity contribution in [3.05, 3.63) is 47.8 Å². The SMILES string of the molecule is C[C@]12CC[C@H](OC(=O)[C@@H](N)CC(N)=O)CC1=CC[C@@H]1[C@@H]2CC[C@]2(C)C(c3cccnc3)=CC[C@@H]12. The highest BCUT2D eigenvalue weighted by molar-refractivity contribution is 5.84. The maximum atomic E-state index is 12.3. The summed E-state index contributed by atoms with van der Waals surface area (Å²) < 4.78 is 5.71. The van der Waals surface area contributed by atoms with Crippen molar-refractivity contribution in [1.29, 1.82) is 0 Å². The Balaban J connectivity index is 1.31. The summed E-state index contributed by atoms with van der Waals surface area (Å²) in [6, 6.07) is 3.27. The molecule has 1 amide bonds. The molecule has 5 rings (SSSR count). The van der Waals surface area contributed by atoms with E-state index in [4.69, 9.17) is 16.2 Å². The Labute approximate surface area is 202 Å². The van der Waals surface area contributed by atoms with Gasteiger partial charge in [-0.2, -0.15) is 0 Å². The molecule has 2 saturated carbocycles. The number of ether oxygens (including phenoxy) is 1. The standard InChI is InChI=1S/C28H37N3O3/c1-27-11-9-19(34-26(33)24(29)15-25(30)32)14-18(27)5-6-20-22-8-7-21(17-4-3-13-31-16-17)28(22,2)12-10-23(20)27/h3-5,7,13,16,19-20,22-24H,6,8-12,14-15,29H2,1-2H3,(H2,30,32)/t19-,20-,22-,23-,24-,27-,28+/m0/s1. The minimum Gasteiger partial charge on any atom is -0.461 e. The molecule has 0 bridgehead atoms. The summed E-state index contributed by atoms with van der Waals surface area (Å²) in [5.41, 5.74) is 15.6. The Kier molecular flexibility index (Phi) is 5.91. The monoisotopic (exact) mass is 463 g/mol. The number of primary amides is 1. The molecule has 4 aliphatic rings. The van der Waals surface area contributed by atoms with E-state index in [1.54, 1.807) is 0 Å². The average Bonchev–Trinajstić information content (AvgIpc) is 3.16. The topological polar surface area (TPSA) is 108 Å². The molecule has 0 aromatic carbocycles. The van der Waals surface area contributed by atoms with E-state index in [1.807, 2.05) is 18.5 Å². The molecule has 2 fully saturated rings. The van der Waals surface area contributed by atoms with Gasteiger partial charge in [0.2, 0.25) is 5.91 Å². The number of fused-ring (bicyclic) bond motifs is 5. The first-order valence-corrected chi connectivity index (χ1v) is 12.8. The number of hydrogen-bond acceptors (Lipinski definition) is 5. The molecule has 34 heavy (non-hydrogen) atoms. The van der Waals surface area contributed by atoms with E-state index in [1.165, 1.54) is 29.6 Å². The van der Waals surface area contributed by atoms with Gasteiger partial charge in [0.25, 0.3) is 0 Å². The predicted octanol–water partition coefficient (Wildman–Crippen LogP) is 4.15. The Morgan fingerprint density at radius 1 is 1.15 bits per heavy atom. The van der Waals surface area contributed by atoms with Gasteiger partial charge in [-0.3, -0.25) is 14.6 Å². The molecule has 0 spiro atoms. The minimum absolute atomic E-state index is 0.165. The van der Waals surface area contributed by atoms with E-state index in [9.17, 15) is 9.59 Å². The van der Waals surface area contributed by atoms with Crippen LogP contribution in [0.3, 0.4) is 0 Å². The van der Waals surface area contributed by atoms with E-state index in [0.717, 1.165) is 32.1 Å². The van der Waals surface area contributed by atoms with Gasteiger partial charge in [-0.05, 0) is 84.3 Å². The van der Waals surface area contributed by atoms with E-state index in [0.29, 0.717) is 17.8 Å². The van der Waals surface area contributed by atoms with E-state index in [2.05, 4.69) is 37.0 Å². The number of aromatic nitrogens is 1. The maximum absolute atomic E-state index is 12.3. The lowest BCUT2D eigenvalue weighted by Crippen LogP contribution is -2.50. The zero-order chi connectivity index (χ0) is 24.1. The summed E-state index contributed by atoms with van der Waals surface area (Å²) in [6.45, 7) is 4.92. The fourth-order valence-corrected chi connectivity index (χ4v) is 7.82. The number of carbonyl (C=O) groups excluding carboxylic acids is 2. The van der Waals surface area contributed by atoms with Crippen LogP contribution in [0.4, 0.5) is 0 Å². The first-order valence-electron chi connectivity index (χ1n) is 12.8. The van der Waals surface area contributed by atoms with Crippen molar-refractivity contribution in [3.8, 4) is 0 Å². The van der Waals surface area contributed by atoms with Crippen molar-refractivity contribution in [2.45, 2.75) is 77.4 Å². The molecular formula is C28H37N3O3. The van der Waals surface area contributed by atoms with Crippen molar-refractivity contribution in [2.24, 2.45) is 40.1 Å². The second-order valence-corrected chi connectivity index (χ2v) is 11.4. The third kappa shape index (κ3) is 3.80. The average molecular weight is 464 g/mol. The Bertz CT molecular complexity index is 1030. The zero-order valence-corrected chi connectivity index (χ0v) is 20.3. The van der Waals surface area contributed by atoms with Crippen LogP contribution in [0, 0.1) is 28.6 Å². The number of rotatable bonds is 5. The van der Waals surface area contributed by atoms with Gasteiger partial charge in [-0.15, -0.1) is 0 Å². The lowest BCUT2D eigenvalue weighted by Gasteiger charge is -2.57. The molecule has 1 aromatic heterocycles. The maximum Gasteiger partial charge on any atom is 0.323 e. The van der Waals surface area contributed by atoms with Gasteiger partial charge < -0.3 is 16.2 Å². The number of nitrogens with zero attached hydrogens (tertiary/aromatic N) is 1. The van der Waals surface area contributed by atoms with Gasteiger partial charge in [-0.1, -0.05) is 37.6 Å². The molecule has 0 saturated heterocycles. The third-order valence-electron chi connectivity index (χ3n) is 9.62. The first kappa shape index (κ1) is 23.3. The smallest absolute Gasteiger partial charge is 0.323 e. The van der Waals surface area contributed by atoms with E-state index < -0.39 is 17.9 Å². The van der Waals surface area contributed by atoms with Crippen LogP contribution in [-0.4, -0.2) is 29.0 Å². The second kappa shape index (κ2) is 8.63. The molecule has 4 aliphatic carbocycles. The molecule has 7 atom stereocenters. The lowest BCUT2D eigenvalue weighted by molar-refractivity contribution is -0.154. The second-order valence-electron chi connectivity index (χ2n) is 11.4. The molecular weight excluding hydrogens is 426 g/mol. The third-order valence-corrected chi connectivity index (χ3v) is 9.62. The van der Waals surface area contributed by atoms with E-state index >= 15 is 0 Å². The van der Waals surface area contributed by atoms with Crippen molar-refractivity contribution >= 4 is 17.4 Å². The van der Waals surface area contributed by atoms with Gasteiger partial charge in [0.05, 0.1) is 6.42 Å². The van der Waals surface area contributed by atoms with Crippen LogP contribution < -0.4 is 11.5 Å². The Hall–Kier alpha value is -2.47. The van der Waals surface area contributed by atoms with E-state index in [-0.39, 0.29) is 23.4 Å². The normalized spacial score (nSPS) is 37.4. The van der Waals surface area contributed by atoms with Gasteiger partial charge >= 0.3 is 5.97 Å². The number of carbonyl (C=O) groups is 2. The van der Waals surface area contributed by atoms with Gasteiger partial charge in [-0.25, -0.2) is 0 Å². The predicted molar refractivity (Wildman–Crippen MR) is 131 cm³/mol. The summed E-state index contributed by atoms with van der Waals surface area (Å²) in [7, 11) is 0. The summed E-state index contributed by atoms with van der Waals surface area (Å²) in [5.74, 6) is 0.912. The number of pyridine rings is 1. The highest BCUT2D eigenvalue weighted by Gasteiger charge is 2.57. The number of hydrogen-bond donors (Lipinski definition) is 2. The molecule has 4 N–H and O–H groups in total. The molecule has 182 valence electrons. The summed E-state index contributed by atoms with van der Waals surface area (Å²) >= 11 is 0.